The minimum absolute atomic E-state index is 0.367. The van der Waals surface area contributed by atoms with Crippen molar-refractivity contribution in [1.29, 1.82) is 0 Å². The second-order valence-corrected chi connectivity index (χ2v) is 5.37. The molecule has 0 fully saturated rings. The summed E-state index contributed by atoms with van der Waals surface area (Å²) >= 11 is 0. The van der Waals surface area contributed by atoms with Gasteiger partial charge in [-0.05, 0) is 20.8 Å². The van der Waals surface area contributed by atoms with Gasteiger partial charge in [0.2, 0.25) is 0 Å². The second kappa shape index (κ2) is 5.56. The highest BCUT2D eigenvalue weighted by Gasteiger charge is 2.12. The molecule has 20 heavy (non-hydrogen) atoms. The average molecular weight is 274 g/mol. The third-order valence-electron chi connectivity index (χ3n) is 3.43. The molecule has 0 amide bonds. The van der Waals surface area contributed by atoms with E-state index in [0.29, 0.717) is 12.5 Å². The van der Waals surface area contributed by atoms with Crippen LogP contribution in [-0.4, -0.2) is 24.7 Å². The van der Waals surface area contributed by atoms with E-state index in [1.807, 2.05) is 32.4 Å². The molecule has 0 aliphatic carbocycles. The molecule has 0 aromatic carbocycles. The molecule has 0 saturated carbocycles. The van der Waals surface area contributed by atoms with Gasteiger partial charge >= 0.3 is 0 Å². The van der Waals surface area contributed by atoms with Gasteiger partial charge in [0.15, 0.2) is 5.82 Å². The molecular weight excluding hydrogens is 252 g/mol. The Hall–Kier alpha value is -1.98. The zero-order chi connectivity index (χ0) is 14.9. The van der Waals surface area contributed by atoms with Crippen LogP contribution in [0.2, 0.25) is 0 Å². The molecule has 0 saturated heterocycles. The number of nitrogens with one attached hydrogen (secondary N) is 1. The highest BCUT2D eigenvalue weighted by molar-refractivity contribution is 5.45. The Balaban J connectivity index is 2.17. The van der Waals surface area contributed by atoms with Crippen LogP contribution in [0.25, 0.3) is 0 Å². The van der Waals surface area contributed by atoms with Crippen molar-refractivity contribution in [1.82, 2.24) is 24.7 Å². The van der Waals surface area contributed by atoms with Gasteiger partial charge in [-0.1, -0.05) is 13.8 Å². The molecule has 0 bridgehead atoms. The molecule has 6 nitrogen and oxygen atoms in total. The summed E-state index contributed by atoms with van der Waals surface area (Å²) < 4.78 is 2.04. The molecule has 6 heteroatoms. The summed E-state index contributed by atoms with van der Waals surface area (Å²) in [7, 11) is 2.00. The highest BCUT2D eigenvalue weighted by Crippen LogP contribution is 2.16. The van der Waals surface area contributed by atoms with Crippen molar-refractivity contribution in [3.63, 3.8) is 0 Å². The molecule has 0 atom stereocenters. The first-order chi connectivity index (χ1) is 9.40. The van der Waals surface area contributed by atoms with Gasteiger partial charge in [0.25, 0.3) is 0 Å². The Labute approximate surface area is 119 Å². The zero-order valence-corrected chi connectivity index (χ0v) is 13.0. The van der Waals surface area contributed by atoms with Gasteiger partial charge in [0.1, 0.15) is 17.5 Å². The molecule has 2 heterocycles. The molecular formula is C14H22N6. The highest BCUT2D eigenvalue weighted by atomic mass is 15.3. The van der Waals surface area contributed by atoms with E-state index >= 15 is 0 Å². The Morgan fingerprint density at radius 1 is 1.10 bits per heavy atom. The number of anilines is 1. The summed E-state index contributed by atoms with van der Waals surface area (Å²) in [5.74, 6) is 3.91. The van der Waals surface area contributed by atoms with Gasteiger partial charge in [-0.15, -0.1) is 10.2 Å². The van der Waals surface area contributed by atoms with E-state index in [1.54, 1.807) is 0 Å². The number of rotatable bonds is 4. The normalized spacial score (nSPS) is 11.2. The smallest absolute Gasteiger partial charge is 0.152 e. The first-order valence-electron chi connectivity index (χ1n) is 6.84. The fraction of sp³-hybridized carbons (Fsp3) is 0.571. The lowest BCUT2D eigenvalue weighted by Crippen LogP contribution is -2.11. The van der Waals surface area contributed by atoms with Gasteiger partial charge < -0.3 is 9.88 Å². The number of nitrogens with zero attached hydrogens (tertiary/aromatic N) is 5. The van der Waals surface area contributed by atoms with Crippen molar-refractivity contribution in [3.8, 4) is 0 Å². The maximum Gasteiger partial charge on any atom is 0.152 e. The summed E-state index contributed by atoms with van der Waals surface area (Å²) in [5.41, 5.74) is 2.07. The van der Waals surface area contributed by atoms with Gasteiger partial charge in [0.05, 0.1) is 6.54 Å². The molecule has 0 unspecified atom stereocenters. The fourth-order valence-corrected chi connectivity index (χ4v) is 2.14. The molecule has 1 N–H and O–H groups in total. The van der Waals surface area contributed by atoms with Crippen molar-refractivity contribution < 1.29 is 0 Å². The third kappa shape index (κ3) is 2.79. The molecule has 0 aliphatic heterocycles. The maximum absolute atomic E-state index is 4.44. The van der Waals surface area contributed by atoms with E-state index in [-0.39, 0.29) is 0 Å². The van der Waals surface area contributed by atoms with Crippen molar-refractivity contribution in [2.45, 2.75) is 47.1 Å². The van der Waals surface area contributed by atoms with Crippen LogP contribution in [-0.2, 0) is 13.6 Å². The summed E-state index contributed by atoms with van der Waals surface area (Å²) in [6.07, 6.45) is 0. The summed E-state index contributed by atoms with van der Waals surface area (Å²) in [5, 5.41) is 11.8. The van der Waals surface area contributed by atoms with E-state index in [4.69, 9.17) is 0 Å². The predicted octanol–water partition coefficient (Wildman–Crippen LogP) is 2.27. The van der Waals surface area contributed by atoms with Crippen LogP contribution in [0.5, 0.6) is 0 Å². The molecule has 2 rings (SSSR count). The van der Waals surface area contributed by atoms with Crippen molar-refractivity contribution in [2.24, 2.45) is 7.05 Å². The molecule has 0 spiro atoms. The minimum Gasteiger partial charge on any atom is -0.362 e. The van der Waals surface area contributed by atoms with Crippen LogP contribution >= 0.6 is 0 Å². The van der Waals surface area contributed by atoms with Gasteiger partial charge in [-0.3, -0.25) is 0 Å². The van der Waals surface area contributed by atoms with E-state index in [0.717, 1.165) is 34.5 Å². The predicted molar refractivity (Wildman–Crippen MR) is 78.7 cm³/mol. The van der Waals surface area contributed by atoms with Crippen molar-refractivity contribution >= 4 is 5.82 Å². The lowest BCUT2D eigenvalue weighted by Gasteiger charge is -2.11. The lowest BCUT2D eigenvalue weighted by molar-refractivity contribution is 0.692. The Kier molecular flexibility index (Phi) is 4.01. The molecule has 2 aromatic heterocycles. The first-order valence-corrected chi connectivity index (χ1v) is 6.84. The van der Waals surface area contributed by atoms with Crippen molar-refractivity contribution in [2.75, 3.05) is 5.32 Å². The fourth-order valence-electron chi connectivity index (χ4n) is 2.14. The van der Waals surface area contributed by atoms with E-state index < -0.39 is 0 Å². The van der Waals surface area contributed by atoms with Gasteiger partial charge in [0, 0.05) is 24.2 Å². The second-order valence-electron chi connectivity index (χ2n) is 5.37. The molecule has 2 aromatic rings. The number of hydrogen-bond acceptors (Lipinski definition) is 5. The molecule has 0 radical (unpaired) electrons. The monoisotopic (exact) mass is 274 g/mol. The van der Waals surface area contributed by atoms with E-state index in [9.17, 15) is 0 Å². The van der Waals surface area contributed by atoms with Gasteiger partial charge in [-0.25, -0.2) is 9.97 Å². The quantitative estimate of drug-likeness (QED) is 0.926. The number of aryl methyl sites for hydroxylation is 2. The Morgan fingerprint density at radius 3 is 2.40 bits per heavy atom. The summed E-state index contributed by atoms with van der Waals surface area (Å²) in [6.45, 7) is 10.7. The topological polar surface area (TPSA) is 68.5 Å². The van der Waals surface area contributed by atoms with Crippen LogP contribution < -0.4 is 5.32 Å². The van der Waals surface area contributed by atoms with Gasteiger partial charge in [-0.2, -0.15) is 0 Å². The van der Waals surface area contributed by atoms with Crippen LogP contribution in [0.3, 0.4) is 0 Å². The number of hydrogen-bond donors (Lipinski definition) is 1. The van der Waals surface area contributed by atoms with Crippen LogP contribution in [0.1, 0.15) is 48.5 Å². The Morgan fingerprint density at radius 2 is 1.80 bits per heavy atom. The number of aromatic nitrogens is 5. The average Bonchev–Trinajstić information content (AvgIpc) is 2.73. The van der Waals surface area contributed by atoms with E-state index in [1.165, 1.54) is 0 Å². The molecule has 0 aliphatic rings. The third-order valence-corrected chi connectivity index (χ3v) is 3.43. The lowest BCUT2D eigenvalue weighted by atomic mass is 10.2. The van der Waals surface area contributed by atoms with Crippen molar-refractivity contribution in [3.05, 3.63) is 28.7 Å². The van der Waals surface area contributed by atoms with Crippen LogP contribution in [0.15, 0.2) is 0 Å². The maximum atomic E-state index is 4.44. The first kappa shape index (κ1) is 14.4. The van der Waals surface area contributed by atoms with E-state index in [2.05, 4.69) is 39.3 Å². The zero-order valence-electron chi connectivity index (χ0n) is 13.0. The summed E-state index contributed by atoms with van der Waals surface area (Å²) in [4.78, 5) is 8.79. The largest absolute Gasteiger partial charge is 0.362 e. The minimum atomic E-state index is 0.367. The van der Waals surface area contributed by atoms with Crippen LogP contribution in [0, 0.1) is 20.8 Å². The summed E-state index contributed by atoms with van der Waals surface area (Å²) in [6, 6.07) is 0. The van der Waals surface area contributed by atoms with Crippen LogP contribution in [0.4, 0.5) is 5.82 Å². The SMILES string of the molecule is Cc1nc(C)c(C)c(NCc2nnc(C(C)C)n2C)n1. The Bertz CT molecular complexity index is 614. The molecule has 108 valence electrons. The standard InChI is InChI=1S/C14H22N6/c1-8(2)14-19-18-12(20(14)6)7-15-13-9(3)10(4)16-11(5)17-13/h8H,7H2,1-6H3,(H,15,16,17).